The van der Waals surface area contributed by atoms with Crippen molar-refractivity contribution in [1.29, 1.82) is 0 Å². The van der Waals surface area contributed by atoms with Gasteiger partial charge in [-0.2, -0.15) is 13.2 Å². The quantitative estimate of drug-likeness (QED) is 0.520. The molecule has 0 fully saturated rings. The normalized spacial score (nSPS) is 11.0. The summed E-state index contributed by atoms with van der Waals surface area (Å²) < 4.78 is 49.5. The molecule has 3 rings (SSSR count). The Hall–Kier alpha value is -4.28. The number of anilines is 1. The van der Waals surface area contributed by atoms with Gasteiger partial charge in [-0.25, -0.2) is 4.79 Å². The number of hydrogen-bond acceptors (Lipinski definition) is 5. The lowest BCUT2D eigenvalue weighted by atomic mass is 9.98. The molecular weight excluding hydrogens is 455 g/mol. The van der Waals surface area contributed by atoms with Crippen LogP contribution in [0.3, 0.4) is 0 Å². The monoisotopic (exact) mass is 475 g/mol. The second-order valence-corrected chi connectivity index (χ2v) is 7.07. The molecule has 0 saturated heterocycles. The summed E-state index contributed by atoms with van der Waals surface area (Å²) in [4.78, 5) is 35.8. The maximum absolute atomic E-state index is 12.9. The first-order chi connectivity index (χ1) is 16.1. The van der Waals surface area contributed by atoms with E-state index in [4.69, 9.17) is 4.74 Å². The van der Waals surface area contributed by atoms with Gasteiger partial charge in [-0.3, -0.25) is 9.59 Å². The molecule has 2 N–H and O–H groups in total. The lowest BCUT2D eigenvalue weighted by molar-refractivity contribution is -0.139. The predicted molar refractivity (Wildman–Crippen MR) is 116 cm³/mol. The Kier molecular flexibility index (Phi) is 7.24. The second-order valence-electron chi connectivity index (χ2n) is 7.07. The Bertz CT molecular complexity index is 1200. The highest BCUT2D eigenvalue weighted by atomic mass is 19.4. The Morgan fingerprint density at radius 1 is 1.03 bits per heavy atom. The molecule has 1 heterocycles. The molecule has 0 spiro atoms. The number of ether oxygens (including phenoxy) is 2. The topological polar surface area (TPSA) is 98.7 Å². The van der Waals surface area contributed by atoms with Crippen LogP contribution < -0.4 is 15.4 Å². The molecule has 3 aromatic rings. The summed E-state index contributed by atoms with van der Waals surface area (Å²) in [5, 5.41) is 4.89. The van der Waals surface area contributed by atoms with Crippen molar-refractivity contribution in [3.63, 3.8) is 0 Å². The highest BCUT2D eigenvalue weighted by Gasteiger charge is 2.30. The van der Waals surface area contributed by atoms with E-state index in [2.05, 4.69) is 15.4 Å². The molecule has 0 saturated carbocycles. The highest BCUT2D eigenvalue weighted by Crippen LogP contribution is 2.32. The van der Waals surface area contributed by atoms with Gasteiger partial charge < -0.3 is 24.7 Å². The van der Waals surface area contributed by atoms with Gasteiger partial charge in [-0.15, -0.1) is 0 Å². The molecule has 11 heteroatoms. The number of hydrogen-bond donors (Lipinski definition) is 2. The molecule has 1 aromatic heterocycles. The number of rotatable bonds is 6. The Morgan fingerprint density at radius 3 is 2.35 bits per heavy atom. The zero-order valence-corrected chi connectivity index (χ0v) is 18.1. The first kappa shape index (κ1) is 24.4. The fourth-order valence-corrected chi connectivity index (χ4v) is 3.03. The number of halogens is 3. The first-order valence-electron chi connectivity index (χ1n) is 9.85. The van der Waals surface area contributed by atoms with Crippen LogP contribution in [0.15, 0.2) is 60.8 Å². The van der Waals surface area contributed by atoms with Gasteiger partial charge in [0.2, 0.25) is 5.88 Å². The average Bonchev–Trinajstić information content (AvgIpc) is 3.15. The van der Waals surface area contributed by atoms with E-state index in [1.807, 2.05) is 0 Å². The van der Waals surface area contributed by atoms with Crippen molar-refractivity contribution in [3.05, 3.63) is 71.9 Å². The van der Waals surface area contributed by atoms with Crippen LogP contribution in [0.25, 0.3) is 11.1 Å². The molecule has 0 aliphatic heterocycles. The summed E-state index contributed by atoms with van der Waals surface area (Å²) in [5.74, 6) is -1.07. The molecule has 178 valence electrons. The van der Waals surface area contributed by atoms with Crippen LogP contribution in [0.1, 0.15) is 15.9 Å². The van der Waals surface area contributed by atoms with Gasteiger partial charge in [0.1, 0.15) is 6.54 Å². The number of amides is 2. The third kappa shape index (κ3) is 5.94. The molecule has 2 amide bonds. The summed E-state index contributed by atoms with van der Waals surface area (Å²) in [7, 11) is 2.76. The van der Waals surface area contributed by atoms with Crippen LogP contribution in [0, 0.1) is 0 Å². The number of alkyl halides is 3. The Labute approximate surface area is 192 Å². The molecule has 0 bridgehead atoms. The highest BCUT2D eigenvalue weighted by molar-refractivity contribution is 6.08. The van der Waals surface area contributed by atoms with E-state index < -0.39 is 29.7 Å². The number of nitrogens with zero attached hydrogens (tertiary/aromatic N) is 1. The Morgan fingerprint density at radius 2 is 1.71 bits per heavy atom. The molecule has 0 aliphatic carbocycles. The number of nitrogens with one attached hydrogen (secondary N) is 2. The number of aryl methyl sites for hydroxylation is 1. The van der Waals surface area contributed by atoms with Crippen molar-refractivity contribution in [2.45, 2.75) is 6.18 Å². The zero-order valence-electron chi connectivity index (χ0n) is 18.1. The van der Waals surface area contributed by atoms with E-state index in [9.17, 15) is 27.6 Å². The molecule has 34 heavy (non-hydrogen) atoms. The molecular formula is C23H20F3N3O5. The van der Waals surface area contributed by atoms with Crippen LogP contribution >= 0.6 is 0 Å². The van der Waals surface area contributed by atoms with E-state index >= 15 is 0 Å². The standard InChI is InChI=1S/C23H20F3N3O5/c1-29-13-16(11-19(29)34-22(32)27-12-20(30)33-2)28-21(31)18-6-4-3-5-17(18)14-7-9-15(10-8-14)23(24,25)26/h3-11,13H,12H2,1-2H3,(H,27,32)(H,28,31). The van der Waals surface area contributed by atoms with Crippen LogP contribution in [0.4, 0.5) is 23.7 Å². The van der Waals surface area contributed by atoms with Gasteiger partial charge in [0.25, 0.3) is 5.91 Å². The molecule has 0 atom stereocenters. The first-order valence-corrected chi connectivity index (χ1v) is 9.85. The van der Waals surface area contributed by atoms with Crippen molar-refractivity contribution in [2.24, 2.45) is 7.05 Å². The maximum atomic E-state index is 12.9. The summed E-state index contributed by atoms with van der Waals surface area (Å²) in [6, 6.07) is 12.4. The van der Waals surface area contributed by atoms with Crippen LogP contribution in [0.2, 0.25) is 0 Å². The van der Waals surface area contributed by atoms with Crippen molar-refractivity contribution < 1.29 is 37.0 Å². The van der Waals surface area contributed by atoms with Gasteiger partial charge in [-0.05, 0) is 29.3 Å². The van der Waals surface area contributed by atoms with E-state index in [0.29, 0.717) is 16.8 Å². The van der Waals surface area contributed by atoms with E-state index in [-0.39, 0.29) is 18.0 Å². The molecule has 2 aromatic carbocycles. The smallest absolute Gasteiger partial charge is 0.416 e. The minimum absolute atomic E-state index is 0.0914. The molecule has 0 radical (unpaired) electrons. The van der Waals surface area contributed by atoms with Gasteiger partial charge in [-0.1, -0.05) is 30.3 Å². The summed E-state index contributed by atoms with van der Waals surface area (Å²) >= 11 is 0. The predicted octanol–water partition coefficient (Wildman–Crippen LogP) is 4.22. The summed E-state index contributed by atoms with van der Waals surface area (Å²) in [6.07, 6.45) is -3.85. The largest absolute Gasteiger partial charge is 0.468 e. The lowest BCUT2D eigenvalue weighted by Gasteiger charge is -2.11. The van der Waals surface area contributed by atoms with Crippen molar-refractivity contribution in [1.82, 2.24) is 9.88 Å². The van der Waals surface area contributed by atoms with Gasteiger partial charge in [0.05, 0.1) is 18.4 Å². The fraction of sp³-hybridized carbons (Fsp3) is 0.174. The average molecular weight is 475 g/mol. The van der Waals surface area contributed by atoms with Gasteiger partial charge >= 0.3 is 18.2 Å². The van der Waals surface area contributed by atoms with Gasteiger partial charge in [0, 0.05) is 24.9 Å². The number of aromatic nitrogens is 1. The molecule has 0 unspecified atom stereocenters. The number of carbonyl (C=O) groups is 3. The third-order valence-corrected chi connectivity index (χ3v) is 4.71. The van der Waals surface area contributed by atoms with E-state index in [0.717, 1.165) is 12.1 Å². The van der Waals surface area contributed by atoms with Crippen LogP contribution in [0.5, 0.6) is 5.88 Å². The molecule has 0 aliphatic rings. The summed E-state index contributed by atoms with van der Waals surface area (Å²) in [5.41, 5.74) is 0.655. The number of methoxy groups -OCH3 is 1. The maximum Gasteiger partial charge on any atom is 0.416 e. The van der Waals surface area contributed by atoms with Gasteiger partial charge in [0.15, 0.2) is 0 Å². The van der Waals surface area contributed by atoms with Crippen molar-refractivity contribution in [3.8, 4) is 17.0 Å². The number of esters is 1. The Balaban J connectivity index is 1.74. The van der Waals surface area contributed by atoms with E-state index in [1.165, 1.54) is 36.1 Å². The molecule has 8 nitrogen and oxygen atoms in total. The lowest BCUT2D eigenvalue weighted by Crippen LogP contribution is -2.32. The third-order valence-electron chi connectivity index (χ3n) is 4.71. The number of benzene rings is 2. The zero-order chi connectivity index (χ0) is 24.9. The summed E-state index contributed by atoms with van der Waals surface area (Å²) in [6.45, 7) is -0.371. The second kappa shape index (κ2) is 10.1. The van der Waals surface area contributed by atoms with Crippen molar-refractivity contribution in [2.75, 3.05) is 19.0 Å². The minimum atomic E-state index is -4.46. The van der Waals surface area contributed by atoms with Crippen molar-refractivity contribution >= 4 is 23.7 Å². The van der Waals surface area contributed by atoms with Crippen LogP contribution in [-0.2, 0) is 22.8 Å². The van der Waals surface area contributed by atoms with E-state index in [1.54, 1.807) is 31.3 Å². The SMILES string of the molecule is COC(=O)CNC(=O)Oc1cc(NC(=O)c2ccccc2-c2ccc(C(F)(F)F)cc2)cn1C. The number of carbonyl (C=O) groups excluding carboxylic acids is 3. The van der Waals surface area contributed by atoms with Crippen LogP contribution in [-0.4, -0.2) is 36.2 Å². The fourth-order valence-electron chi connectivity index (χ4n) is 3.03. The minimum Gasteiger partial charge on any atom is -0.468 e.